The maximum atomic E-state index is 12.9. The molecule has 0 saturated carbocycles. The number of alkyl halides is 1. The molecule has 1 saturated heterocycles. The van der Waals surface area contributed by atoms with Crippen LogP contribution in [0.25, 0.3) is 0 Å². The molecule has 0 aromatic carbocycles. The Morgan fingerprint density at radius 2 is 1.89 bits per heavy atom. The summed E-state index contributed by atoms with van der Waals surface area (Å²) in [6.07, 6.45) is 8.28. The first-order valence-electron chi connectivity index (χ1n) is 12.6. The van der Waals surface area contributed by atoms with E-state index in [1.807, 2.05) is 13.0 Å². The summed E-state index contributed by atoms with van der Waals surface area (Å²) in [7, 11) is 0. The molecule has 5 heterocycles. The standard InChI is InChI=1S/C26H33FN8O/c1-17-14-22-23(19(3)35(17)25-18(2)28-8-9-29-25)32-26(36-13-12-34-10-4-5-11-34)33-24(22)31-21-7-6-20(15-27)30-16-21/h6-9,16-17,19H,4-5,10-15H2,1-3H3,(H,31,32,33). The zero-order valence-electron chi connectivity index (χ0n) is 21.1. The molecule has 0 aliphatic carbocycles. The third-order valence-electron chi connectivity index (χ3n) is 6.97. The van der Waals surface area contributed by atoms with Gasteiger partial charge in [0.15, 0.2) is 5.82 Å². The summed E-state index contributed by atoms with van der Waals surface area (Å²) >= 11 is 0. The monoisotopic (exact) mass is 492 g/mol. The van der Waals surface area contributed by atoms with Gasteiger partial charge in [-0.15, -0.1) is 0 Å². The maximum Gasteiger partial charge on any atom is 0.318 e. The molecule has 0 spiro atoms. The van der Waals surface area contributed by atoms with Crippen LogP contribution in [0.5, 0.6) is 6.01 Å². The van der Waals surface area contributed by atoms with Gasteiger partial charge in [-0.25, -0.2) is 9.37 Å². The molecule has 0 radical (unpaired) electrons. The lowest BCUT2D eigenvalue weighted by molar-refractivity contribution is 0.224. The lowest BCUT2D eigenvalue weighted by atomic mass is 9.93. The van der Waals surface area contributed by atoms with E-state index in [2.05, 4.69) is 43.9 Å². The van der Waals surface area contributed by atoms with E-state index in [9.17, 15) is 4.39 Å². The molecule has 3 aromatic rings. The highest BCUT2D eigenvalue weighted by Gasteiger charge is 2.35. The van der Waals surface area contributed by atoms with Crippen molar-refractivity contribution in [2.45, 2.75) is 58.8 Å². The Morgan fingerprint density at radius 3 is 2.61 bits per heavy atom. The van der Waals surface area contributed by atoms with E-state index >= 15 is 0 Å². The van der Waals surface area contributed by atoms with Crippen molar-refractivity contribution >= 4 is 17.3 Å². The first kappa shape index (κ1) is 24.3. The molecule has 2 aliphatic rings. The molecule has 0 bridgehead atoms. The summed E-state index contributed by atoms with van der Waals surface area (Å²) in [6.45, 7) is 9.31. The van der Waals surface area contributed by atoms with Crippen LogP contribution in [-0.4, -0.2) is 62.1 Å². The molecule has 190 valence electrons. The van der Waals surface area contributed by atoms with Crippen LogP contribution in [0, 0.1) is 6.92 Å². The van der Waals surface area contributed by atoms with Gasteiger partial charge in [0.25, 0.3) is 0 Å². The van der Waals surface area contributed by atoms with Crippen molar-refractivity contribution in [2.24, 2.45) is 0 Å². The fourth-order valence-electron chi connectivity index (χ4n) is 5.13. The predicted molar refractivity (Wildman–Crippen MR) is 136 cm³/mol. The van der Waals surface area contributed by atoms with Crippen LogP contribution in [-0.2, 0) is 13.1 Å². The average molecular weight is 493 g/mol. The van der Waals surface area contributed by atoms with E-state index in [4.69, 9.17) is 14.7 Å². The van der Waals surface area contributed by atoms with Crippen molar-refractivity contribution in [3.8, 4) is 6.01 Å². The van der Waals surface area contributed by atoms with Crippen LogP contribution in [0.3, 0.4) is 0 Å². The molecule has 2 aliphatic heterocycles. The van der Waals surface area contributed by atoms with Crippen LogP contribution in [0.1, 0.15) is 55.4 Å². The molecule has 3 aromatic heterocycles. The number of nitrogens with one attached hydrogen (secondary N) is 1. The van der Waals surface area contributed by atoms with Gasteiger partial charge >= 0.3 is 6.01 Å². The van der Waals surface area contributed by atoms with Crippen LogP contribution >= 0.6 is 0 Å². The van der Waals surface area contributed by atoms with Crippen molar-refractivity contribution < 1.29 is 9.13 Å². The molecule has 1 N–H and O–H groups in total. The Hall–Kier alpha value is -3.40. The van der Waals surface area contributed by atoms with Crippen LogP contribution in [0.2, 0.25) is 0 Å². The van der Waals surface area contributed by atoms with Crippen molar-refractivity contribution in [1.82, 2.24) is 29.8 Å². The number of aromatic nitrogens is 5. The number of likely N-dealkylation sites (tertiary alicyclic amines) is 1. The Morgan fingerprint density at radius 1 is 1.08 bits per heavy atom. The van der Waals surface area contributed by atoms with Crippen LogP contribution < -0.4 is 15.0 Å². The largest absolute Gasteiger partial charge is 0.462 e. The first-order chi connectivity index (χ1) is 17.5. The Kier molecular flexibility index (Phi) is 7.22. The zero-order chi connectivity index (χ0) is 25.1. The average Bonchev–Trinajstić information content (AvgIpc) is 3.40. The van der Waals surface area contributed by atoms with Gasteiger partial charge in [-0.1, -0.05) is 0 Å². The highest BCUT2D eigenvalue weighted by Crippen LogP contribution is 2.39. The molecule has 10 heteroatoms. The van der Waals surface area contributed by atoms with E-state index in [-0.39, 0.29) is 12.1 Å². The molecular weight excluding hydrogens is 459 g/mol. The van der Waals surface area contributed by atoms with Crippen molar-refractivity contribution in [3.63, 3.8) is 0 Å². The Balaban J connectivity index is 1.47. The first-order valence-corrected chi connectivity index (χ1v) is 12.6. The summed E-state index contributed by atoms with van der Waals surface area (Å²) in [5, 5.41) is 3.39. The van der Waals surface area contributed by atoms with E-state index in [0.29, 0.717) is 24.1 Å². The van der Waals surface area contributed by atoms with E-state index in [0.717, 1.165) is 54.5 Å². The topological polar surface area (TPSA) is 92.2 Å². The quantitative estimate of drug-likeness (QED) is 0.497. The number of hydrogen-bond acceptors (Lipinski definition) is 9. The van der Waals surface area contributed by atoms with Gasteiger partial charge in [-0.2, -0.15) is 9.97 Å². The number of nitrogens with zero attached hydrogens (tertiary/aromatic N) is 7. The molecule has 5 rings (SSSR count). The number of anilines is 3. The molecule has 0 amide bonds. The summed E-state index contributed by atoms with van der Waals surface area (Å²) in [5.41, 5.74) is 3.96. The Bertz CT molecular complexity index is 1190. The van der Waals surface area contributed by atoms with Crippen LogP contribution in [0.4, 0.5) is 21.7 Å². The number of hydrogen-bond donors (Lipinski definition) is 1. The second-order valence-electron chi connectivity index (χ2n) is 9.51. The molecule has 9 nitrogen and oxygen atoms in total. The van der Waals surface area contributed by atoms with Crippen molar-refractivity contribution in [3.05, 3.63) is 53.4 Å². The number of halogens is 1. The number of fused-ring (bicyclic) bond motifs is 1. The third kappa shape index (κ3) is 5.09. The van der Waals surface area contributed by atoms with Gasteiger partial charge in [0.1, 0.15) is 19.1 Å². The van der Waals surface area contributed by atoms with E-state index in [1.165, 1.54) is 12.8 Å². The second kappa shape index (κ2) is 10.7. The molecule has 2 atom stereocenters. The minimum atomic E-state index is -0.592. The minimum absolute atomic E-state index is 0.0596. The van der Waals surface area contributed by atoms with Gasteiger partial charge in [0.2, 0.25) is 0 Å². The number of ether oxygens (including phenoxy) is 1. The fourth-order valence-corrected chi connectivity index (χ4v) is 5.13. The van der Waals surface area contributed by atoms with Gasteiger partial charge in [-0.05, 0) is 65.3 Å². The molecule has 36 heavy (non-hydrogen) atoms. The van der Waals surface area contributed by atoms with E-state index < -0.39 is 6.67 Å². The van der Waals surface area contributed by atoms with Crippen LogP contribution in [0.15, 0.2) is 30.7 Å². The normalized spacial score (nSPS) is 19.8. The van der Waals surface area contributed by atoms with Gasteiger partial charge in [-0.3, -0.25) is 14.9 Å². The van der Waals surface area contributed by atoms with Crippen molar-refractivity contribution in [2.75, 3.05) is 36.5 Å². The SMILES string of the molecule is Cc1nccnc1N1C(C)Cc2c(Nc3ccc(CF)nc3)nc(OCCN3CCCC3)nc2C1C. The number of rotatable bonds is 8. The number of aryl methyl sites for hydroxylation is 1. The van der Waals surface area contributed by atoms with Gasteiger partial charge in [0, 0.05) is 30.5 Å². The fraction of sp³-hybridized carbons (Fsp3) is 0.500. The number of pyridine rings is 1. The molecule has 2 unspecified atom stereocenters. The highest BCUT2D eigenvalue weighted by atomic mass is 19.1. The minimum Gasteiger partial charge on any atom is -0.462 e. The van der Waals surface area contributed by atoms with Crippen molar-refractivity contribution in [1.29, 1.82) is 0 Å². The lowest BCUT2D eigenvalue weighted by Crippen LogP contribution is -2.43. The third-order valence-corrected chi connectivity index (χ3v) is 6.97. The van der Waals surface area contributed by atoms with E-state index in [1.54, 1.807) is 24.7 Å². The summed E-state index contributed by atoms with van der Waals surface area (Å²) < 4.78 is 19.0. The summed E-state index contributed by atoms with van der Waals surface area (Å²) in [6, 6.07) is 3.93. The Labute approximate surface area is 211 Å². The van der Waals surface area contributed by atoms with Gasteiger partial charge in [0.05, 0.1) is 35.0 Å². The highest BCUT2D eigenvalue weighted by molar-refractivity contribution is 5.63. The molecule has 1 fully saturated rings. The summed E-state index contributed by atoms with van der Waals surface area (Å²) in [5.74, 6) is 1.55. The zero-order valence-corrected chi connectivity index (χ0v) is 21.1. The molecular formula is C26H33FN8O. The maximum absolute atomic E-state index is 12.9. The smallest absolute Gasteiger partial charge is 0.318 e. The second-order valence-corrected chi connectivity index (χ2v) is 9.51. The van der Waals surface area contributed by atoms with Gasteiger partial charge < -0.3 is 15.0 Å². The predicted octanol–water partition coefficient (Wildman–Crippen LogP) is 4.17. The lowest BCUT2D eigenvalue weighted by Gasteiger charge is -2.41. The summed E-state index contributed by atoms with van der Waals surface area (Å²) in [4.78, 5) is 27.6.